The Morgan fingerprint density at radius 3 is 3.06 bits per heavy atom. The van der Waals surface area contributed by atoms with Gasteiger partial charge < -0.3 is 0 Å². The molecule has 0 amide bonds. The van der Waals surface area contributed by atoms with Crippen LogP contribution in [0.15, 0.2) is 23.5 Å². The average Bonchev–Trinajstić information content (AvgIpc) is 2.26. The first-order chi connectivity index (χ1) is 7.65. The Labute approximate surface area is 91.2 Å². The summed E-state index contributed by atoms with van der Waals surface area (Å²) in [6, 6.07) is 1.44. The van der Waals surface area contributed by atoms with Gasteiger partial charge in [0.15, 0.2) is 0 Å². The number of pyridine rings is 1. The lowest BCUT2D eigenvalue weighted by molar-refractivity contribution is -0.385. The predicted molar refractivity (Wildman–Crippen MR) is 58.7 cm³/mol. The molecule has 0 aliphatic carbocycles. The molecule has 0 unspecified atom stereocenters. The zero-order chi connectivity index (χ0) is 12.0. The molecule has 0 fully saturated rings. The van der Waals surface area contributed by atoms with Crippen LogP contribution < -0.4 is 0 Å². The number of aromatic nitrogens is 1. The first-order valence-electron chi connectivity index (χ1n) is 4.43. The molecule has 0 radical (unpaired) electrons. The molecule has 0 aromatic carbocycles. The van der Waals surface area contributed by atoms with Crippen LogP contribution in [0.25, 0.3) is 16.5 Å². The number of hydrogen-bond acceptors (Lipinski definition) is 4. The second-order valence-electron chi connectivity index (χ2n) is 2.97. The average molecular weight is 219 g/mol. The Balaban J connectivity index is 2.86. The van der Waals surface area contributed by atoms with Gasteiger partial charge in [-0.1, -0.05) is 11.2 Å². The van der Waals surface area contributed by atoms with E-state index >= 15 is 0 Å². The van der Waals surface area contributed by atoms with Crippen molar-refractivity contribution >= 4 is 11.8 Å². The van der Waals surface area contributed by atoms with Crippen LogP contribution in [0, 0.1) is 17.0 Å². The molecular formula is C9H9N5O2. The zero-order valence-electron chi connectivity index (χ0n) is 8.57. The van der Waals surface area contributed by atoms with E-state index in [-0.39, 0.29) is 12.2 Å². The van der Waals surface area contributed by atoms with Crippen LogP contribution in [-0.2, 0) is 0 Å². The minimum atomic E-state index is -0.493. The van der Waals surface area contributed by atoms with E-state index in [1.807, 2.05) is 0 Å². The third-order valence-electron chi connectivity index (χ3n) is 1.84. The maximum absolute atomic E-state index is 10.5. The van der Waals surface area contributed by atoms with Crippen molar-refractivity contribution in [2.24, 2.45) is 5.11 Å². The minimum Gasteiger partial charge on any atom is -0.258 e. The first kappa shape index (κ1) is 11.7. The van der Waals surface area contributed by atoms with Crippen molar-refractivity contribution in [1.82, 2.24) is 4.98 Å². The van der Waals surface area contributed by atoms with E-state index in [0.717, 1.165) is 0 Å². The fraction of sp³-hybridized carbons (Fsp3) is 0.222. The second kappa shape index (κ2) is 5.47. The van der Waals surface area contributed by atoms with Gasteiger partial charge in [-0.25, -0.2) is 4.98 Å². The predicted octanol–water partition coefficient (Wildman–Crippen LogP) is 2.62. The summed E-state index contributed by atoms with van der Waals surface area (Å²) >= 11 is 0. The number of nitrogens with zero attached hydrogens (tertiary/aromatic N) is 5. The molecule has 16 heavy (non-hydrogen) atoms. The number of hydrogen-bond donors (Lipinski definition) is 0. The molecule has 0 aliphatic heterocycles. The summed E-state index contributed by atoms with van der Waals surface area (Å²) in [6.45, 7) is 1.96. The lowest BCUT2D eigenvalue weighted by Crippen LogP contribution is -1.93. The summed E-state index contributed by atoms with van der Waals surface area (Å²) in [4.78, 5) is 16.5. The zero-order valence-corrected chi connectivity index (χ0v) is 8.57. The fourth-order valence-corrected chi connectivity index (χ4v) is 1.09. The molecule has 0 aliphatic rings. The summed E-state index contributed by atoms with van der Waals surface area (Å²) < 4.78 is 0. The van der Waals surface area contributed by atoms with Gasteiger partial charge in [-0.3, -0.25) is 10.1 Å². The molecular weight excluding hydrogens is 210 g/mol. The van der Waals surface area contributed by atoms with Crippen molar-refractivity contribution in [2.75, 3.05) is 6.54 Å². The van der Waals surface area contributed by atoms with Gasteiger partial charge in [0.25, 0.3) is 5.69 Å². The highest BCUT2D eigenvalue weighted by Crippen LogP contribution is 2.15. The monoisotopic (exact) mass is 219 g/mol. The van der Waals surface area contributed by atoms with Crippen LogP contribution in [0.1, 0.15) is 11.3 Å². The molecule has 0 N–H and O–H groups in total. The van der Waals surface area contributed by atoms with Gasteiger partial charge in [0.2, 0.25) is 0 Å². The smallest absolute Gasteiger partial charge is 0.258 e. The summed E-state index contributed by atoms with van der Waals surface area (Å²) in [5.74, 6) is 0. The van der Waals surface area contributed by atoms with Gasteiger partial charge in [0, 0.05) is 17.5 Å². The van der Waals surface area contributed by atoms with Crippen LogP contribution >= 0.6 is 0 Å². The van der Waals surface area contributed by atoms with E-state index in [2.05, 4.69) is 15.0 Å². The quantitative estimate of drug-likeness (QED) is 0.255. The Morgan fingerprint density at radius 2 is 2.50 bits per heavy atom. The highest BCUT2D eigenvalue weighted by molar-refractivity contribution is 5.51. The van der Waals surface area contributed by atoms with Gasteiger partial charge in [-0.15, -0.1) is 0 Å². The molecule has 1 aromatic rings. The van der Waals surface area contributed by atoms with E-state index in [9.17, 15) is 10.1 Å². The highest BCUT2D eigenvalue weighted by Gasteiger charge is 2.07. The van der Waals surface area contributed by atoms with Crippen LogP contribution in [0.5, 0.6) is 0 Å². The second-order valence-corrected chi connectivity index (χ2v) is 2.97. The highest BCUT2D eigenvalue weighted by atomic mass is 16.6. The molecule has 0 bridgehead atoms. The van der Waals surface area contributed by atoms with Gasteiger partial charge in [0.05, 0.1) is 10.6 Å². The standard InChI is InChI=1S/C9H9N5O2/c1-7-5-8(14(15)16)6-11-9(7)3-2-4-12-13-10/h2-3,5-6H,4H2,1H3. The van der Waals surface area contributed by atoms with Crippen LogP contribution in [0.3, 0.4) is 0 Å². The maximum atomic E-state index is 10.5. The lowest BCUT2D eigenvalue weighted by Gasteiger charge is -1.98. The fourth-order valence-electron chi connectivity index (χ4n) is 1.09. The van der Waals surface area contributed by atoms with Crippen LogP contribution in [0.2, 0.25) is 0 Å². The summed E-state index contributed by atoms with van der Waals surface area (Å²) in [5.41, 5.74) is 9.34. The molecule has 0 atom stereocenters. The molecule has 1 rings (SSSR count). The van der Waals surface area contributed by atoms with Gasteiger partial charge in [-0.2, -0.15) is 0 Å². The topological polar surface area (TPSA) is 105 Å². The Morgan fingerprint density at radius 1 is 1.75 bits per heavy atom. The molecule has 7 heteroatoms. The summed E-state index contributed by atoms with van der Waals surface area (Å²) in [5, 5.41) is 13.8. The van der Waals surface area contributed by atoms with Crippen LogP contribution in [0.4, 0.5) is 5.69 Å². The third kappa shape index (κ3) is 3.07. The lowest BCUT2D eigenvalue weighted by atomic mass is 10.2. The van der Waals surface area contributed by atoms with Crippen LogP contribution in [-0.4, -0.2) is 16.5 Å². The largest absolute Gasteiger partial charge is 0.287 e. The van der Waals surface area contributed by atoms with Crippen molar-refractivity contribution in [3.8, 4) is 0 Å². The molecule has 7 nitrogen and oxygen atoms in total. The van der Waals surface area contributed by atoms with Gasteiger partial charge in [0.1, 0.15) is 6.20 Å². The number of rotatable bonds is 4. The van der Waals surface area contributed by atoms with Crippen molar-refractivity contribution in [1.29, 1.82) is 0 Å². The van der Waals surface area contributed by atoms with E-state index in [4.69, 9.17) is 5.53 Å². The molecule has 0 saturated carbocycles. The summed E-state index contributed by atoms with van der Waals surface area (Å²) in [7, 11) is 0. The van der Waals surface area contributed by atoms with E-state index in [0.29, 0.717) is 11.3 Å². The Kier molecular flexibility index (Phi) is 3.99. The van der Waals surface area contributed by atoms with Crippen molar-refractivity contribution in [2.45, 2.75) is 6.92 Å². The van der Waals surface area contributed by atoms with E-state index in [1.54, 1.807) is 19.1 Å². The molecule has 0 spiro atoms. The van der Waals surface area contributed by atoms with Gasteiger partial charge >= 0.3 is 0 Å². The Bertz CT molecular complexity index is 477. The summed E-state index contributed by atoms with van der Waals surface area (Å²) in [6.07, 6.45) is 4.49. The van der Waals surface area contributed by atoms with E-state index < -0.39 is 4.92 Å². The number of azide groups is 1. The van der Waals surface area contributed by atoms with Gasteiger partial charge in [-0.05, 0) is 24.1 Å². The van der Waals surface area contributed by atoms with Crippen molar-refractivity contribution < 1.29 is 4.92 Å². The Hall–Kier alpha value is -2.40. The molecule has 1 aromatic heterocycles. The molecule has 0 saturated heterocycles. The van der Waals surface area contributed by atoms with Crippen molar-refractivity contribution in [3.05, 3.63) is 50.2 Å². The first-order valence-corrected chi connectivity index (χ1v) is 4.43. The number of aryl methyl sites for hydroxylation is 1. The van der Waals surface area contributed by atoms with Crippen molar-refractivity contribution in [3.63, 3.8) is 0 Å². The third-order valence-corrected chi connectivity index (χ3v) is 1.84. The number of nitro groups is 1. The SMILES string of the molecule is Cc1cc([N+](=O)[O-])cnc1C=CCN=[N+]=[N-]. The minimum absolute atomic E-state index is 0.0373. The van der Waals surface area contributed by atoms with E-state index in [1.165, 1.54) is 12.3 Å². The maximum Gasteiger partial charge on any atom is 0.287 e. The molecule has 82 valence electrons. The molecule has 1 heterocycles. The normalized spacial score (nSPS) is 10.1.